The van der Waals surface area contributed by atoms with Crippen molar-refractivity contribution in [2.45, 2.75) is 71.8 Å². The van der Waals surface area contributed by atoms with E-state index in [-0.39, 0.29) is 18.4 Å². The van der Waals surface area contributed by atoms with E-state index in [1.54, 1.807) is 0 Å². The van der Waals surface area contributed by atoms with E-state index in [4.69, 9.17) is 9.47 Å². The van der Waals surface area contributed by atoms with E-state index in [2.05, 4.69) is 29.8 Å². The zero-order valence-electron chi connectivity index (χ0n) is 13.5. The van der Waals surface area contributed by atoms with Gasteiger partial charge in [0.2, 0.25) is 0 Å². The van der Waals surface area contributed by atoms with Crippen LogP contribution in [-0.4, -0.2) is 30.0 Å². The van der Waals surface area contributed by atoms with Crippen LogP contribution in [-0.2, 0) is 19.1 Å². The summed E-state index contributed by atoms with van der Waals surface area (Å²) in [6.07, 6.45) is 5.18. The van der Waals surface area contributed by atoms with Gasteiger partial charge in [0, 0.05) is 11.8 Å². The lowest BCUT2D eigenvalue weighted by Gasteiger charge is -2.14. The fourth-order valence-corrected chi connectivity index (χ4v) is 2.20. The minimum Gasteiger partial charge on any atom is -0.466 e. The summed E-state index contributed by atoms with van der Waals surface area (Å²) in [5.41, 5.74) is 0. The number of rotatable bonds is 12. The first kappa shape index (κ1) is 20.4. The Hall–Kier alpha value is -0.580. The van der Waals surface area contributed by atoms with Crippen molar-refractivity contribution in [1.82, 2.24) is 0 Å². The van der Waals surface area contributed by atoms with E-state index < -0.39 is 6.10 Å². The summed E-state index contributed by atoms with van der Waals surface area (Å²) in [7, 11) is 0. The molecule has 0 fully saturated rings. The van der Waals surface area contributed by atoms with Gasteiger partial charge in [-0.15, -0.1) is 0 Å². The van der Waals surface area contributed by atoms with Gasteiger partial charge in [-0.1, -0.05) is 56.0 Å². The van der Waals surface area contributed by atoms with Crippen molar-refractivity contribution in [2.24, 2.45) is 5.92 Å². The fraction of sp³-hybridized carbons (Fsp3) is 0.875. The Morgan fingerprint density at radius 2 is 1.81 bits per heavy atom. The molecule has 0 aliphatic rings. The molecule has 0 aliphatic carbocycles. The molecular formula is C16H29BrO4. The maximum Gasteiger partial charge on any atom is 0.309 e. The standard InChI is InChI=1S/C16H29BrO4/c1-4-8-15(18)21-14(12-17)11-16(19)20-10-7-5-6-9-13(2)3/h13-14H,4-12H2,1-3H3. The molecule has 1 atom stereocenters. The molecule has 5 heteroatoms. The quantitative estimate of drug-likeness (QED) is 0.295. The molecule has 0 saturated carbocycles. The number of hydrogen-bond donors (Lipinski definition) is 0. The van der Waals surface area contributed by atoms with Crippen molar-refractivity contribution in [3.63, 3.8) is 0 Å². The van der Waals surface area contributed by atoms with Crippen molar-refractivity contribution in [3.8, 4) is 0 Å². The summed E-state index contributed by atoms with van der Waals surface area (Å²) < 4.78 is 10.4. The largest absolute Gasteiger partial charge is 0.466 e. The SMILES string of the molecule is CCCC(=O)OC(CBr)CC(=O)OCCCCCC(C)C. The molecule has 0 bridgehead atoms. The molecule has 0 aromatic heterocycles. The van der Waals surface area contributed by atoms with Crippen molar-refractivity contribution in [1.29, 1.82) is 0 Å². The highest BCUT2D eigenvalue weighted by Crippen LogP contribution is 2.10. The summed E-state index contributed by atoms with van der Waals surface area (Å²) in [5.74, 6) is 0.168. The van der Waals surface area contributed by atoms with Crippen molar-refractivity contribution in [2.75, 3.05) is 11.9 Å². The highest BCUT2D eigenvalue weighted by Gasteiger charge is 2.17. The van der Waals surface area contributed by atoms with Gasteiger partial charge in [-0.05, 0) is 18.8 Å². The first-order valence-electron chi connectivity index (χ1n) is 7.90. The molecule has 0 aromatic rings. The smallest absolute Gasteiger partial charge is 0.309 e. The minimum atomic E-state index is -0.433. The van der Waals surface area contributed by atoms with Crippen LogP contribution >= 0.6 is 15.9 Å². The van der Waals surface area contributed by atoms with Crippen LogP contribution in [0, 0.1) is 5.92 Å². The first-order valence-corrected chi connectivity index (χ1v) is 9.02. The lowest BCUT2D eigenvalue weighted by atomic mass is 10.1. The lowest BCUT2D eigenvalue weighted by Crippen LogP contribution is -2.24. The number of hydrogen-bond acceptors (Lipinski definition) is 4. The molecule has 0 spiro atoms. The second-order valence-electron chi connectivity index (χ2n) is 5.68. The zero-order valence-corrected chi connectivity index (χ0v) is 15.1. The molecule has 4 nitrogen and oxygen atoms in total. The maximum absolute atomic E-state index is 11.7. The number of alkyl halides is 1. The number of esters is 2. The van der Waals surface area contributed by atoms with E-state index in [1.807, 2.05) is 6.92 Å². The lowest BCUT2D eigenvalue weighted by molar-refractivity contribution is -0.153. The van der Waals surface area contributed by atoms with Gasteiger partial charge in [-0.3, -0.25) is 9.59 Å². The van der Waals surface area contributed by atoms with Gasteiger partial charge >= 0.3 is 11.9 Å². The number of ether oxygens (including phenoxy) is 2. The predicted octanol–water partition coefficient (Wildman–Crippen LogP) is 4.24. The zero-order chi connectivity index (χ0) is 16.1. The average molecular weight is 365 g/mol. The Bertz CT molecular complexity index is 292. The highest BCUT2D eigenvalue weighted by atomic mass is 79.9. The molecule has 0 aliphatic heterocycles. The van der Waals surface area contributed by atoms with Crippen LogP contribution in [0.4, 0.5) is 0 Å². The van der Waals surface area contributed by atoms with Gasteiger partial charge in [0.1, 0.15) is 6.10 Å². The van der Waals surface area contributed by atoms with Crippen LogP contribution in [0.3, 0.4) is 0 Å². The van der Waals surface area contributed by atoms with Gasteiger partial charge in [-0.2, -0.15) is 0 Å². The van der Waals surface area contributed by atoms with Gasteiger partial charge < -0.3 is 9.47 Å². The number of carbonyl (C=O) groups excluding carboxylic acids is 2. The van der Waals surface area contributed by atoms with E-state index in [0.717, 1.165) is 25.2 Å². The van der Waals surface area contributed by atoms with Crippen molar-refractivity contribution >= 4 is 27.9 Å². The summed E-state index contributed by atoms with van der Waals surface area (Å²) in [6.45, 7) is 6.79. The third-order valence-corrected chi connectivity index (χ3v) is 3.73. The number of unbranched alkanes of at least 4 members (excludes halogenated alkanes) is 2. The summed E-state index contributed by atoms with van der Waals surface area (Å²) in [4.78, 5) is 23.0. The molecule has 0 N–H and O–H groups in total. The number of halogens is 1. The second kappa shape index (κ2) is 13.1. The predicted molar refractivity (Wildman–Crippen MR) is 87.5 cm³/mol. The normalized spacial score (nSPS) is 12.2. The minimum absolute atomic E-state index is 0.118. The van der Waals surface area contributed by atoms with Crippen LogP contribution in [0.25, 0.3) is 0 Å². The molecule has 0 heterocycles. The molecule has 0 radical (unpaired) electrons. The van der Waals surface area contributed by atoms with Crippen molar-refractivity contribution in [3.05, 3.63) is 0 Å². The van der Waals surface area contributed by atoms with Crippen molar-refractivity contribution < 1.29 is 19.1 Å². The van der Waals surface area contributed by atoms with E-state index in [0.29, 0.717) is 18.4 Å². The molecule has 0 aromatic carbocycles. The molecule has 0 saturated heterocycles. The third kappa shape index (κ3) is 12.8. The Kier molecular flexibility index (Phi) is 12.7. The Balaban J connectivity index is 3.72. The molecule has 0 rings (SSSR count). The van der Waals surface area contributed by atoms with Crippen LogP contribution in [0.15, 0.2) is 0 Å². The number of carbonyl (C=O) groups is 2. The third-order valence-electron chi connectivity index (χ3n) is 3.01. The van der Waals surface area contributed by atoms with Gasteiger partial charge in [0.25, 0.3) is 0 Å². The summed E-state index contributed by atoms with van der Waals surface area (Å²) in [5, 5.41) is 0.450. The second-order valence-corrected chi connectivity index (χ2v) is 6.33. The monoisotopic (exact) mass is 364 g/mol. The van der Waals surface area contributed by atoms with E-state index >= 15 is 0 Å². The summed E-state index contributed by atoms with van der Waals surface area (Å²) >= 11 is 3.25. The highest BCUT2D eigenvalue weighted by molar-refractivity contribution is 9.09. The molecule has 1 unspecified atom stereocenters. The van der Waals surface area contributed by atoms with E-state index in [9.17, 15) is 9.59 Å². The van der Waals surface area contributed by atoms with E-state index in [1.165, 1.54) is 12.8 Å². The van der Waals surface area contributed by atoms with Gasteiger partial charge in [0.15, 0.2) is 0 Å². The average Bonchev–Trinajstić information content (AvgIpc) is 2.41. The Labute approximate surface area is 137 Å². The summed E-state index contributed by atoms with van der Waals surface area (Å²) in [6, 6.07) is 0. The van der Waals surface area contributed by atoms with Crippen LogP contribution in [0.2, 0.25) is 0 Å². The van der Waals surface area contributed by atoms with Crippen LogP contribution < -0.4 is 0 Å². The van der Waals surface area contributed by atoms with Gasteiger partial charge in [0.05, 0.1) is 13.0 Å². The first-order chi connectivity index (χ1) is 9.99. The van der Waals surface area contributed by atoms with Gasteiger partial charge in [-0.25, -0.2) is 0 Å². The topological polar surface area (TPSA) is 52.6 Å². The fourth-order valence-electron chi connectivity index (χ4n) is 1.84. The molecule has 0 amide bonds. The molecule has 124 valence electrons. The molecule has 21 heavy (non-hydrogen) atoms. The Morgan fingerprint density at radius 3 is 2.38 bits per heavy atom. The Morgan fingerprint density at radius 1 is 1.10 bits per heavy atom. The maximum atomic E-state index is 11.7. The molecular weight excluding hydrogens is 336 g/mol. The van der Waals surface area contributed by atoms with Crippen LogP contribution in [0.1, 0.15) is 65.7 Å². The van der Waals surface area contributed by atoms with Crippen LogP contribution in [0.5, 0.6) is 0 Å².